The first-order valence-corrected chi connectivity index (χ1v) is 20.1. The van der Waals surface area contributed by atoms with E-state index in [-0.39, 0.29) is 5.41 Å². The molecule has 5 heteroatoms. The summed E-state index contributed by atoms with van der Waals surface area (Å²) in [7, 11) is 0. The SMILES string of the molecule is CC1(C)c2ccccc2-c2ccc3c(c21)c1ccccc1n3-c1cccc(-c2nc(-c3ccccc3)nc(-c3ccc4c(c3)oc3ccc(-c5ccccc5)cc34)n2)c1. The molecule has 1 aliphatic carbocycles. The Labute approximate surface area is 340 Å². The Kier molecular flexibility index (Phi) is 7.20. The van der Waals surface area contributed by atoms with Crippen LogP contribution in [0.1, 0.15) is 25.0 Å². The second kappa shape index (κ2) is 12.7. The van der Waals surface area contributed by atoms with E-state index in [0.717, 1.165) is 55.4 Å². The van der Waals surface area contributed by atoms with Gasteiger partial charge in [-0.25, -0.2) is 15.0 Å². The molecule has 0 saturated carbocycles. The maximum atomic E-state index is 6.45. The molecule has 3 aromatic heterocycles. The van der Waals surface area contributed by atoms with Crippen LogP contribution in [0.25, 0.3) is 106 Å². The highest BCUT2D eigenvalue weighted by atomic mass is 16.3. The van der Waals surface area contributed by atoms with Gasteiger partial charge in [0.15, 0.2) is 17.5 Å². The van der Waals surface area contributed by atoms with E-state index >= 15 is 0 Å². The first kappa shape index (κ1) is 33.5. The Hall–Kier alpha value is -7.63. The van der Waals surface area contributed by atoms with Crippen LogP contribution in [0.5, 0.6) is 0 Å². The Balaban J connectivity index is 1.01. The summed E-state index contributed by atoms with van der Waals surface area (Å²) in [5.41, 5.74) is 15.3. The minimum Gasteiger partial charge on any atom is -0.456 e. The number of benzene rings is 8. The van der Waals surface area contributed by atoms with E-state index in [1.165, 1.54) is 44.1 Å². The van der Waals surface area contributed by atoms with Gasteiger partial charge in [0, 0.05) is 49.3 Å². The van der Waals surface area contributed by atoms with Gasteiger partial charge in [-0.15, -0.1) is 0 Å². The summed E-state index contributed by atoms with van der Waals surface area (Å²) < 4.78 is 8.84. The topological polar surface area (TPSA) is 56.7 Å². The second-order valence-corrected chi connectivity index (χ2v) is 16.0. The van der Waals surface area contributed by atoms with Crippen LogP contribution in [0.15, 0.2) is 186 Å². The molecule has 1 aliphatic rings. The lowest BCUT2D eigenvalue weighted by atomic mass is 9.80. The summed E-state index contributed by atoms with van der Waals surface area (Å²) in [4.78, 5) is 15.4. The number of hydrogen-bond donors (Lipinski definition) is 0. The molecule has 0 aliphatic heterocycles. The van der Waals surface area contributed by atoms with Gasteiger partial charge in [0.25, 0.3) is 0 Å². The molecule has 3 heterocycles. The molecule has 11 aromatic rings. The van der Waals surface area contributed by atoms with E-state index in [1.54, 1.807) is 0 Å². The first-order valence-electron chi connectivity index (χ1n) is 20.1. The zero-order chi connectivity index (χ0) is 39.2. The average Bonchev–Trinajstić information content (AvgIpc) is 3.91. The lowest BCUT2D eigenvalue weighted by Gasteiger charge is -2.22. The summed E-state index contributed by atoms with van der Waals surface area (Å²) in [6.45, 7) is 4.72. The molecule has 278 valence electrons. The highest BCUT2D eigenvalue weighted by Gasteiger charge is 2.38. The lowest BCUT2D eigenvalue weighted by Crippen LogP contribution is -2.15. The van der Waals surface area contributed by atoms with Crippen LogP contribution in [-0.2, 0) is 5.41 Å². The van der Waals surface area contributed by atoms with Gasteiger partial charge in [-0.05, 0) is 81.9 Å². The number of rotatable bonds is 5. The largest absolute Gasteiger partial charge is 0.456 e. The summed E-state index contributed by atoms with van der Waals surface area (Å²) in [5, 5.41) is 4.68. The van der Waals surface area contributed by atoms with Crippen molar-refractivity contribution in [1.82, 2.24) is 19.5 Å². The van der Waals surface area contributed by atoms with Gasteiger partial charge >= 0.3 is 0 Å². The van der Waals surface area contributed by atoms with Crippen molar-refractivity contribution in [3.8, 4) is 62.1 Å². The van der Waals surface area contributed by atoms with Crippen molar-refractivity contribution in [3.63, 3.8) is 0 Å². The molecule has 59 heavy (non-hydrogen) atoms. The second-order valence-electron chi connectivity index (χ2n) is 16.0. The Morgan fingerprint density at radius 2 is 1.08 bits per heavy atom. The van der Waals surface area contributed by atoms with Crippen LogP contribution in [-0.4, -0.2) is 19.5 Å². The molecule has 0 N–H and O–H groups in total. The van der Waals surface area contributed by atoms with Crippen LogP contribution < -0.4 is 0 Å². The van der Waals surface area contributed by atoms with Gasteiger partial charge in [-0.2, -0.15) is 0 Å². The highest BCUT2D eigenvalue weighted by molar-refractivity contribution is 6.14. The van der Waals surface area contributed by atoms with Gasteiger partial charge in [0.2, 0.25) is 0 Å². The third kappa shape index (κ3) is 5.14. The average molecular weight is 757 g/mol. The van der Waals surface area contributed by atoms with E-state index in [1.807, 2.05) is 36.4 Å². The van der Waals surface area contributed by atoms with Gasteiger partial charge in [0.1, 0.15) is 11.2 Å². The van der Waals surface area contributed by atoms with Crippen LogP contribution >= 0.6 is 0 Å². The van der Waals surface area contributed by atoms with Gasteiger partial charge in [-0.1, -0.05) is 147 Å². The molecule has 0 spiro atoms. The molecule has 12 rings (SSSR count). The quantitative estimate of drug-likeness (QED) is 0.175. The van der Waals surface area contributed by atoms with Crippen molar-refractivity contribution >= 4 is 43.7 Å². The number of fused-ring (bicyclic) bond motifs is 10. The number of hydrogen-bond acceptors (Lipinski definition) is 4. The van der Waals surface area contributed by atoms with Gasteiger partial charge < -0.3 is 8.98 Å². The molecule has 0 unspecified atom stereocenters. The molecular weight excluding hydrogens is 721 g/mol. The lowest BCUT2D eigenvalue weighted by molar-refractivity contribution is 0.666. The standard InChI is InChI=1S/C54H36N4O/c1-54(2)44-22-11-9-20-39(44)41-27-28-46-49(50(41)54)42-21-10-12-23-45(42)58(46)38-19-13-18-36(30-38)52-55-51(34-16-7-4-8-17-34)56-53(57-52)37-24-26-40-43-31-35(33-14-5-3-6-15-33)25-29-47(43)59-48(40)32-37/h3-32H,1-2H3. The fourth-order valence-corrected chi connectivity index (χ4v) is 9.47. The Morgan fingerprint density at radius 3 is 1.90 bits per heavy atom. The molecule has 0 fully saturated rings. The third-order valence-corrected chi connectivity index (χ3v) is 12.2. The molecule has 0 radical (unpaired) electrons. The predicted molar refractivity (Wildman–Crippen MR) is 241 cm³/mol. The first-order chi connectivity index (χ1) is 29.0. The van der Waals surface area contributed by atoms with Crippen molar-refractivity contribution in [2.75, 3.05) is 0 Å². The van der Waals surface area contributed by atoms with Gasteiger partial charge in [0.05, 0.1) is 11.0 Å². The number of nitrogens with zero attached hydrogens (tertiary/aromatic N) is 4. The highest BCUT2D eigenvalue weighted by Crippen LogP contribution is 2.53. The van der Waals surface area contributed by atoms with Crippen LogP contribution in [0, 0.1) is 0 Å². The minimum atomic E-state index is -0.145. The molecule has 0 amide bonds. The predicted octanol–water partition coefficient (Wildman–Crippen LogP) is 13.8. The van der Waals surface area contributed by atoms with Crippen molar-refractivity contribution in [3.05, 3.63) is 193 Å². The van der Waals surface area contributed by atoms with E-state index in [9.17, 15) is 0 Å². The van der Waals surface area contributed by atoms with E-state index in [4.69, 9.17) is 19.4 Å². The van der Waals surface area contributed by atoms with Gasteiger partial charge in [-0.3, -0.25) is 0 Å². The summed E-state index contributed by atoms with van der Waals surface area (Å²) in [6.07, 6.45) is 0. The molecule has 0 bridgehead atoms. The fourth-order valence-electron chi connectivity index (χ4n) is 9.47. The zero-order valence-corrected chi connectivity index (χ0v) is 32.5. The number of aromatic nitrogens is 4. The third-order valence-electron chi connectivity index (χ3n) is 12.2. The summed E-state index contributed by atoms with van der Waals surface area (Å²) in [5.74, 6) is 1.80. The maximum absolute atomic E-state index is 6.45. The number of furan rings is 1. The minimum absolute atomic E-state index is 0.145. The molecule has 5 nitrogen and oxygen atoms in total. The van der Waals surface area contributed by atoms with Crippen molar-refractivity contribution in [1.29, 1.82) is 0 Å². The maximum Gasteiger partial charge on any atom is 0.164 e. The smallest absolute Gasteiger partial charge is 0.164 e. The fraction of sp³-hybridized carbons (Fsp3) is 0.0556. The normalized spacial score (nSPS) is 13.1. The van der Waals surface area contributed by atoms with Crippen molar-refractivity contribution in [2.24, 2.45) is 0 Å². The van der Waals surface area contributed by atoms with E-state index in [2.05, 4.69) is 164 Å². The van der Waals surface area contributed by atoms with Crippen LogP contribution in [0.3, 0.4) is 0 Å². The van der Waals surface area contributed by atoms with Crippen molar-refractivity contribution < 1.29 is 4.42 Å². The van der Waals surface area contributed by atoms with Crippen molar-refractivity contribution in [2.45, 2.75) is 19.3 Å². The summed E-state index contributed by atoms with van der Waals surface area (Å²) >= 11 is 0. The van der Waals surface area contributed by atoms with Crippen LogP contribution in [0.4, 0.5) is 0 Å². The van der Waals surface area contributed by atoms with E-state index in [0.29, 0.717) is 17.5 Å². The van der Waals surface area contributed by atoms with Crippen LogP contribution in [0.2, 0.25) is 0 Å². The molecular formula is C54H36N4O. The molecule has 8 aromatic carbocycles. The zero-order valence-electron chi connectivity index (χ0n) is 32.5. The molecule has 0 saturated heterocycles. The van der Waals surface area contributed by atoms with E-state index < -0.39 is 0 Å². The Morgan fingerprint density at radius 1 is 0.424 bits per heavy atom. The number of para-hydroxylation sites is 1. The Bertz CT molecular complexity index is 3470. The molecule has 0 atom stereocenters. The summed E-state index contributed by atoms with van der Waals surface area (Å²) in [6, 6.07) is 64.1. The monoisotopic (exact) mass is 756 g/mol.